The number of allylic oxidation sites excluding steroid dienone is 1. The quantitative estimate of drug-likeness (QED) is 0.860. The van der Waals surface area contributed by atoms with Gasteiger partial charge in [-0.1, -0.05) is 42.5 Å². The predicted octanol–water partition coefficient (Wildman–Crippen LogP) is 2.04. The maximum atomic E-state index is 12.8. The second-order valence-electron chi connectivity index (χ2n) is 5.69. The van der Waals surface area contributed by atoms with Gasteiger partial charge in [-0.3, -0.25) is 9.59 Å². The summed E-state index contributed by atoms with van der Waals surface area (Å²) >= 11 is 0. The Morgan fingerprint density at radius 1 is 1.24 bits per heavy atom. The van der Waals surface area contributed by atoms with Gasteiger partial charge in [-0.15, -0.1) is 0 Å². The van der Waals surface area contributed by atoms with Crippen molar-refractivity contribution in [1.29, 1.82) is 0 Å². The minimum Gasteiger partial charge on any atom is -0.339 e. The number of amides is 2. The third-order valence-electron chi connectivity index (χ3n) is 4.16. The maximum Gasteiger partial charge on any atom is 0.250 e. The molecule has 2 amide bonds. The van der Waals surface area contributed by atoms with Crippen LogP contribution in [0.4, 0.5) is 0 Å². The SMILES string of the molecule is C/C=C/CN1C(=O)C(c2ccccc2)NC(=O)C1C1CC1. The summed E-state index contributed by atoms with van der Waals surface area (Å²) in [6.45, 7) is 2.43. The van der Waals surface area contributed by atoms with Crippen LogP contribution in [0.2, 0.25) is 0 Å². The van der Waals surface area contributed by atoms with Gasteiger partial charge in [0.05, 0.1) is 0 Å². The number of benzene rings is 1. The van der Waals surface area contributed by atoms with Crippen LogP contribution in [-0.2, 0) is 9.59 Å². The van der Waals surface area contributed by atoms with E-state index < -0.39 is 6.04 Å². The van der Waals surface area contributed by atoms with Crippen LogP contribution < -0.4 is 5.32 Å². The standard InChI is InChI=1S/C17H20N2O2/c1-2-3-11-19-15(13-9-10-13)16(20)18-14(17(19)21)12-7-5-4-6-8-12/h2-8,13-15H,9-11H2,1H3,(H,18,20)/b3-2+. The zero-order valence-electron chi connectivity index (χ0n) is 12.2. The molecule has 4 nitrogen and oxygen atoms in total. The number of piperazine rings is 1. The number of hydrogen-bond acceptors (Lipinski definition) is 2. The third kappa shape index (κ3) is 2.71. The molecular formula is C17H20N2O2. The van der Waals surface area contributed by atoms with Crippen molar-refractivity contribution in [2.45, 2.75) is 31.8 Å². The summed E-state index contributed by atoms with van der Waals surface area (Å²) in [5.74, 6) is 0.308. The summed E-state index contributed by atoms with van der Waals surface area (Å²) in [5, 5.41) is 2.91. The first-order chi connectivity index (χ1) is 10.2. The molecule has 2 aliphatic rings. The van der Waals surface area contributed by atoms with E-state index >= 15 is 0 Å². The molecule has 0 aromatic heterocycles. The second-order valence-corrected chi connectivity index (χ2v) is 5.69. The highest BCUT2D eigenvalue weighted by atomic mass is 16.2. The van der Waals surface area contributed by atoms with Crippen LogP contribution in [0.15, 0.2) is 42.5 Å². The number of hydrogen-bond donors (Lipinski definition) is 1. The van der Waals surface area contributed by atoms with Crippen molar-refractivity contribution in [3.05, 3.63) is 48.0 Å². The minimum atomic E-state index is -0.557. The van der Waals surface area contributed by atoms with Gasteiger partial charge in [0.25, 0.3) is 5.91 Å². The fourth-order valence-corrected chi connectivity index (χ4v) is 2.91. The molecule has 1 N–H and O–H groups in total. The molecule has 1 aromatic carbocycles. The topological polar surface area (TPSA) is 49.4 Å². The minimum absolute atomic E-state index is 0.00389. The Bertz CT molecular complexity index is 563. The van der Waals surface area contributed by atoms with Crippen LogP contribution in [0.5, 0.6) is 0 Å². The summed E-state index contributed by atoms with van der Waals surface area (Å²) in [5.41, 5.74) is 0.843. The Labute approximate surface area is 124 Å². The Kier molecular flexibility index (Phi) is 3.78. The van der Waals surface area contributed by atoms with Crippen LogP contribution in [0.25, 0.3) is 0 Å². The van der Waals surface area contributed by atoms with Gasteiger partial charge in [-0.25, -0.2) is 0 Å². The Hall–Kier alpha value is -2.10. The number of carbonyl (C=O) groups is 2. The van der Waals surface area contributed by atoms with Crippen LogP contribution >= 0.6 is 0 Å². The lowest BCUT2D eigenvalue weighted by Crippen LogP contribution is -2.60. The highest BCUT2D eigenvalue weighted by Gasteiger charge is 2.47. The molecule has 4 heteroatoms. The van der Waals surface area contributed by atoms with Crippen LogP contribution in [-0.4, -0.2) is 29.3 Å². The summed E-state index contributed by atoms with van der Waals surface area (Å²) in [4.78, 5) is 27.0. The van der Waals surface area contributed by atoms with Crippen molar-refractivity contribution in [1.82, 2.24) is 10.2 Å². The molecule has 0 radical (unpaired) electrons. The number of rotatable bonds is 4. The Morgan fingerprint density at radius 2 is 1.95 bits per heavy atom. The lowest BCUT2D eigenvalue weighted by molar-refractivity contribution is -0.149. The molecule has 21 heavy (non-hydrogen) atoms. The molecule has 3 rings (SSSR count). The smallest absolute Gasteiger partial charge is 0.250 e. The van der Waals surface area contributed by atoms with Crippen molar-refractivity contribution in [2.75, 3.05) is 6.54 Å². The van der Waals surface area contributed by atoms with Gasteiger partial charge in [0, 0.05) is 6.54 Å². The van der Waals surface area contributed by atoms with Crippen molar-refractivity contribution >= 4 is 11.8 Å². The van der Waals surface area contributed by atoms with E-state index in [-0.39, 0.29) is 17.9 Å². The van der Waals surface area contributed by atoms with E-state index in [0.29, 0.717) is 12.5 Å². The molecule has 1 saturated carbocycles. The van der Waals surface area contributed by atoms with E-state index in [1.54, 1.807) is 4.90 Å². The molecule has 1 aromatic rings. The molecule has 1 saturated heterocycles. The number of nitrogens with zero attached hydrogens (tertiary/aromatic N) is 1. The molecular weight excluding hydrogens is 264 g/mol. The number of carbonyl (C=O) groups excluding carboxylic acids is 2. The highest BCUT2D eigenvalue weighted by molar-refractivity contribution is 5.98. The van der Waals surface area contributed by atoms with Crippen LogP contribution in [0.1, 0.15) is 31.4 Å². The van der Waals surface area contributed by atoms with Gasteiger partial charge in [0.2, 0.25) is 5.91 Å². The van der Waals surface area contributed by atoms with E-state index in [0.717, 1.165) is 18.4 Å². The first-order valence-corrected chi connectivity index (χ1v) is 7.49. The second kappa shape index (κ2) is 5.72. The molecule has 1 aliphatic heterocycles. The maximum absolute atomic E-state index is 12.8. The zero-order valence-corrected chi connectivity index (χ0v) is 12.2. The highest BCUT2D eigenvalue weighted by Crippen LogP contribution is 2.38. The number of nitrogens with one attached hydrogen (secondary N) is 1. The molecule has 1 aliphatic carbocycles. The molecule has 2 atom stereocenters. The van der Waals surface area contributed by atoms with E-state index in [1.165, 1.54) is 0 Å². The fraction of sp³-hybridized carbons (Fsp3) is 0.412. The lowest BCUT2D eigenvalue weighted by Gasteiger charge is -2.38. The van der Waals surface area contributed by atoms with Crippen molar-refractivity contribution in [3.63, 3.8) is 0 Å². The van der Waals surface area contributed by atoms with Gasteiger partial charge in [0.15, 0.2) is 0 Å². The predicted molar refractivity (Wildman–Crippen MR) is 80.4 cm³/mol. The molecule has 1 heterocycles. The molecule has 2 unspecified atom stereocenters. The van der Waals surface area contributed by atoms with Crippen molar-refractivity contribution < 1.29 is 9.59 Å². The molecule has 110 valence electrons. The van der Waals surface area contributed by atoms with E-state index in [4.69, 9.17) is 0 Å². The first-order valence-electron chi connectivity index (χ1n) is 7.49. The van der Waals surface area contributed by atoms with Gasteiger partial charge >= 0.3 is 0 Å². The van der Waals surface area contributed by atoms with Crippen molar-refractivity contribution in [2.24, 2.45) is 5.92 Å². The third-order valence-corrected chi connectivity index (χ3v) is 4.16. The van der Waals surface area contributed by atoms with Gasteiger partial charge in [-0.05, 0) is 31.2 Å². The summed E-state index contributed by atoms with van der Waals surface area (Å²) < 4.78 is 0. The van der Waals surface area contributed by atoms with Gasteiger partial charge in [-0.2, -0.15) is 0 Å². The zero-order chi connectivity index (χ0) is 14.8. The van der Waals surface area contributed by atoms with Crippen molar-refractivity contribution in [3.8, 4) is 0 Å². The van der Waals surface area contributed by atoms with E-state index in [1.807, 2.05) is 49.4 Å². The Morgan fingerprint density at radius 3 is 2.57 bits per heavy atom. The monoisotopic (exact) mass is 284 g/mol. The van der Waals surface area contributed by atoms with Crippen LogP contribution in [0.3, 0.4) is 0 Å². The average Bonchev–Trinajstić information content (AvgIpc) is 3.33. The molecule has 0 spiro atoms. The normalized spacial score (nSPS) is 26.2. The Balaban J connectivity index is 1.89. The van der Waals surface area contributed by atoms with Gasteiger partial charge in [0.1, 0.15) is 12.1 Å². The lowest BCUT2D eigenvalue weighted by atomic mass is 9.98. The van der Waals surface area contributed by atoms with Crippen LogP contribution in [0, 0.1) is 5.92 Å². The summed E-state index contributed by atoms with van der Waals surface area (Å²) in [6.07, 6.45) is 5.93. The average molecular weight is 284 g/mol. The van der Waals surface area contributed by atoms with E-state index in [9.17, 15) is 9.59 Å². The fourth-order valence-electron chi connectivity index (χ4n) is 2.91. The van der Waals surface area contributed by atoms with Gasteiger partial charge < -0.3 is 10.2 Å². The summed E-state index contributed by atoms with van der Waals surface area (Å²) in [6, 6.07) is 8.59. The summed E-state index contributed by atoms with van der Waals surface area (Å²) in [7, 11) is 0. The molecule has 2 fully saturated rings. The first kappa shape index (κ1) is 13.9. The van der Waals surface area contributed by atoms with E-state index in [2.05, 4.69) is 5.32 Å². The largest absolute Gasteiger partial charge is 0.339 e. The molecule has 0 bridgehead atoms.